The van der Waals surface area contributed by atoms with Gasteiger partial charge in [0.2, 0.25) is 0 Å². The fraction of sp³-hybridized carbons (Fsp3) is 1.00. The zero-order valence-corrected chi connectivity index (χ0v) is 7.12. The molecule has 2 rings (SSSR count). The fourth-order valence-corrected chi connectivity index (χ4v) is 1.48. The molecule has 0 aromatic heterocycles. The molecular formula is C8H15NO3. The Kier molecular flexibility index (Phi) is 2.94. The van der Waals surface area contributed by atoms with Gasteiger partial charge in [-0.25, -0.2) is 0 Å². The van der Waals surface area contributed by atoms with E-state index in [2.05, 4.69) is 5.32 Å². The molecule has 0 radical (unpaired) electrons. The van der Waals surface area contributed by atoms with Gasteiger partial charge in [0, 0.05) is 13.1 Å². The van der Waals surface area contributed by atoms with Crippen LogP contribution in [0.2, 0.25) is 0 Å². The molecular weight excluding hydrogens is 158 g/mol. The van der Waals surface area contributed by atoms with Crippen LogP contribution in [-0.2, 0) is 14.2 Å². The maximum absolute atomic E-state index is 5.50. The first-order valence-electron chi connectivity index (χ1n) is 4.52. The highest BCUT2D eigenvalue weighted by Crippen LogP contribution is 2.12. The zero-order valence-electron chi connectivity index (χ0n) is 7.12. The predicted octanol–water partition coefficient (Wildman–Crippen LogP) is -0.262. The molecule has 2 heterocycles. The standard InChI is InChI=1S/C8H15NO3/c1-3-11-8(12-4-1)7-6-9-2-5-10-7/h7-9H,1-6H2. The number of hydrogen-bond donors (Lipinski definition) is 1. The van der Waals surface area contributed by atoms with Crippen LogP contribution in [-0.4, -0.2) is 45.3 Å². The second kappa shape index (κ2) is 4.18. The van der Waals surface area contributed by atoms with E-state index in [-0.39, 0.29) is 12.4 Å². The predicted molar refractivity (Wildman–Crippen MR) is 42.9 cm³/mol. The van der Waals surface area contributed by atoms with E-state index in [1.165, 1.54) is 0 Å². The van der Waals surface area contributed by atoms with Crippen LogP contribution < -0.4 is 5.32 Å². The number of morpholine rings is 1. The zero-order chi connectivity index (χ0) is 8.23. The minimum absolute atomic E-state index is 0.0825. The molecule has 1 N–H and O–H groups in total. The Balaban J connectivity index is 1.80. The molecule has 2 aliphatic heterocycles. The quantitative estimate of drug-likeness (QED) is 0.593. The summed E-state index contributed by atoms with van der Waals surface area (Å²) in [5.41, 5.74) is 0. The van der Waals surface area contributed by atoms with Gasteiger partial charge in [-0.1, -0.05) is 0 Å². The summed E-state index contributed by atoms with van der Waals surface area (Å²) in [7, 11) is 0. The molecule has 0 aromatic carbocycles. The van der Waals surface area contributed by atoms with Gasteiger partial charge in [0.25, 0.3) is 0 Å². The van der Waals surface area contributed by atoms with Crippen molar-refractivity contribution >= 4 is 0 Å². The van der Waals surface area contributed by atoms with Crippen LogP contribution >= 0.6 is 0 Å². The Labute approximate surface area is 72.2 Å². The summed E-state index contributed by atoms with van der Waals surface area (Å²) < 4.78 is 16.4. The molecule has 0 aliphatic carbocycles. The molecule has 0 amide bonds. The number of ether oxygens (including phenoxy) is 3. The molecule has 0 aromatic rings. The van der Waals surface area contributed by atoms with Gasteiger partial charge in [-0.05, 0) is 6.42 Å². The van der Waals surface area contributed by atoms with Crippen molar-refractivity contribution in [1.29, 1.82) is 0 Å². The van der Waals surface area contributed by atoms with Crippen LogP contribution in [0, 0.1) is 0 Å². The Morgan fingerprint density at radius 2 is 1.83 bits per heavy atom. The average Bonchev–Trinajstić information content (AvgIpc) is 2.21. The average molecular weight is 173 g/mol. The van der Waals surface area contributed by atoms with Crippen LogP contribution in [0.3, 0.4) is 0 Å². The normalized spacial score (nSPS) is 33.5. The molecule has 2 saturated heterocycles. The maximum atomic E-state index is 5.50. The second-order valence-corrected chi connectivity index (χ2v) is 3.08. The van der Waals surface area contributed by atoms with Crippen LogP contribution in [0.25, 0.3) is 0 Å². The van der Waals surface area contributed by atoms with Crippen molar-refractivity contribution < 1.29 is 14.2 Å². The van der Waals surface area contributed by atoms with Crippen molar-refractivity contribution in [3.8, 4) is 0 Å². The van der Waals surface area contributed by atoms with Crippen LogP contribution in [0.4, 0.5) is 0 Å². The van der Waals surface area contributed by atoms with E-state index in [1.807, 2.05) is 0 Å². The lowest BCUT2D eigenvalue weighted by Crippen LogP contribution is -2.48. The first-order chi connectivity index (χ1) is 5.97. The number of nitrogens with one attached hydrogen (secondary N) is 1. The summed E-state index contributed by atoms with van der Waals surface area (Å²) >= 11 is 0. The summed E-state index contributed by atoms with van der Waals surface area (Å²) in [5, 5.41) is 3.25. The van der Waals surface area contributed by atoms with Gasteiger partial charge in [0.1, 0.15) is 6.10 Å². The number of rotatable bonds is 1. The maximum Gasteiger partial charge on any atom is 0.184 e. The highest BCUT2D eigenvalue weighted by Gasteiger charge is 2.27. The minimum Gasteiger partial charge on any atom is -0.370 e. The molecule has 4 heteroatoms. The van der Waals surface area contributed by atoms with Crippen molar-refractivity contribution in [2.24, 2.45) is 0 Å². The topological polar surface area (TPSA) is 39.7 Å². The summed E-state index contributed by atoms with van der Waals surface area (Å²) in [6, 6.07) is 0. The Hall–Kier alpha value is -0.160. The third-order valence-corrected chi connectivity index (χ3v) is 2.11. The Morgan fingerprint density at radius 1 is 1.00 bits per heavy atom. The molecule has 0 spiro atoms. The van der Waals surface area contributed by atoms with Gasteiger partial charge in [-0.2, -0.15) is 0 Å². The van der Waals surface area contributed by atoms with E-state index in [1.54, 1.807) is 0 Å². The van der Waals surface area contributed by atoms with Gasteiger partial charge >= 0.3 is 0 Å². The highest BCUT2D eigenvalue weighted by molar-refractivity contribution is 4.71. The lowest BCUT2D eigenvalue weighted by atomic mass is 10.3. The van der Waals surface area contributed by atoms with E-state index >= 15 is 0 Å². The summed E-state index contributed by atoms with van der Waals surface area (Å²) in [4.78, 5) is 0. The Bertz CT molecular complexity index is 114. The lowest BCUT2D eigenvalue weighted by molar-refractivity contribution is -0.235. The largest absolute Gasteiger partial charge is 0.370 e. The van der Waals surface area contributed by atoms with Gasteiger partial charge in [-0.3, -0.25) is 0 Å². The molecule has 1 unspecified atom stereocenters. The number of hydrogen-bond acceptors (Lipinski definition) is 4. The van der Waals surface area contributed by atoms with Crippen molar-refractivity contribution in [2.45, 2.75) is 18.8 Å². The monoisotopic (exact) mass is 173 g/mol. The van der Waals surface area contributed by atoms with E-state index in [0.29, 0.717) is 0 Å². The van der Waals surface area contributed by atoms with Gasteiger partial charge in [0.05, 0.1) is 19.8 Å². The first-order valence-corrected chi connectivity index (χ1v) is 4.52. The first kappa shape index (κ1) is 8.44. The van der Waals surface area contributed by atoms with Gasteiger partial charge < -0.3 is 19.5 Å². The summed E-state index contributed by atoms with van der Waals surface area (Å²) in [6.45, 7) is 4.12. The van der Waals surface area contributed by atoms with Gasteiger partial charge in [-0.15, -0.1) is 0 Å². The smallest absolute Gasteiger partial charge is 0.184 e. The molecule has 4 nitrogen and oxygen atoms in total. The highest BCUT2D eigenvalue weighted by atomic mass is 16.7. The molecule has 2 fully saturated rings. The third-order valence-electron chi connectivity index (χ3n) is 2.11. The second-order valence-electron chi connectivity index (χ2n) is 3.08. The summed E-state index contributed by atoms with van der Waals surface area (Å²) in [5.74, 6) is 0. The van der Waals surface area contributed by atoms with E-state index in [4.69, 9.17) is 14.2 Å². The molecule has 12 heavy (non-hydrogen) atoms. The minimum atomic E-state index is -0.147. The van der Waals surface area contributed by atoms with Crippen LogP contribution in [0.5, 0.6) is 0 Å². The van der Waals surface area contributed by atoms with Gasteiger partial charge in [0.15, 0.2) is 6.29 Å². The van der Waals surface area contributed by atoms with E-state index < -0.39 is 0 Å². The summed E-state index contributed by atoms with van der Waals surface area (Å²) in [6.07, 6.45) is 0.932. The van der Waals surface area contributed by atoms with Crippen molar-refractivity contribution in [1.82, 2.24) is 5.32 Å². The molecule has 0 bridgehead atoms. The van der Waals surface area contributed by atoms with Crippen LogP contribution in [0.1, 0.15) is 6.42 Å². The van der Waals surface area contributed by atoms with E-state index in [0.717, 1.165) is 39.3 Å². The molecule has 1 atom stereocenters. The Morgan fingerprint density at radius 3 is 2.50 bits per heavy atom. The van der Waals surface area contributed by atoms with Crippen molar-refractivity contribution in [3.63, 3.8) is 0 Å². The molecule has 0 saturated carbocycles. The van der Waals surface area contributed by atoms with Crippen LogP contribution in [0.15, 0.2) is 0 Å². The lowest BCUT2D eigenvalue weighted by Gasteiger charge is -2.32. The fourth-order valence-electron chi connectivity index (χ4n) is 1.48. The SMILES string of the molecule is C1COC(C2CNCCO2)OC1. The molecule has 2 aliphatic rings. The van der Waals surface area contributed by atoms with Crippen molar-refractivity contribution in [2.75, 3.05) is 32.9 Å². The van der Waals surface area contributed by atoms with Crippen molar-refractivity contribution in [3.05, 3.63) is 0 Å². The third kappa shape index (κ3) is 1.95. The molecule has 70 valence electrons. The van der Waals surface area contributed by atoms with E-state index in [9.17, 15) is 0 Å².